The van der Waals surface area contributed by atoms with Crippen molar-refractivity contribution < 1.29 is 14.3 Å². The number of hydrogen-bond donors (Lipinski definition) is 0. The Morgan fingerprint density at radius 1 is 1.47 bits per heavy atom. The van der Waals surface area contributed by atoms with Gasteiger partial charge in [-0.15, -0.1) is 0 Å². The van der Waals surface area contributed by atoms with Crippen molar-refractivity contribution in [1.29, 1.82) is 0 Å². The van der Waals surface area contributed by atoms with Crippen LogP contribution in [0.2, 0.25) is 0 Å². The molecule has 4 nitrogen and oxygen atoms in total. The molecule has 0 spiro atoms. The normalized spacial score (nSPS) is 14.0. The van der Waals surface area contributed by atoms with E-state index < -0.39 is 0 Å². The lowest BCUT2D eigenvalue weighted by Gasteiger charge is -2.21. The molecule has 0 radical (unpaired) electrons. The molecular weight excluding hydrogens is 242 g/mol. The number of ether oxygens (including phenoxy) is 1. The van der Waals surface area contributed by atoms with Gasteiger partial charge in [0.15, 0.2) is 12.9 Å². The highest BCUT2D eigenvalue weighted by atomic mass is 16.5. The van der Waals surface area contributed by atoms with Gasteiger partial charge in [-0.05, 0) is 38.3 Å². The van der Waals surface area contributed by atoms with Gasteiger partial charge in [0, 0.05) is 12.6 Å². The number of rotatable bonds is 6. The first kappa shape index (κ1) is 13.6. The molecule has 19 heavy (non-hydrogen) atoms. The monoisotopic (exact) mass is 261 g/mol. The van der Waals surface area contributed by atoms with Crippen LogP contribution in [0.1, 0.15) is 35.7 Å². The summed E-state index contributed by atoms with van der Waals surface area (Å²) in [5, 5.41) is 0. The van der Waals surface area contributed by atoms with Gasteiger partial charge in [-0.25, -0.2) is 0 Å². The van der Waals surface area contributed by atoms with Crippen LogP contribution in [-0.2, 0) is 4.79 Å². The van der Waals surface area contributed by atoms with Crippen LogP contribution in [0, 0.1) is 6.92 Å². The molecule has 4 heteroatoms. The molecule has 1 fully saturated rings. The Morgan fingerprint density at radius 2 is 2.21 bits per heavy atom. The Bertz CT molecular complexity index is 480. The highest BCUT2D eigenvalue weighted by Crippen LogP contribution is 2.27. The smallest absolute Gasteiger partial charge is 0.260 e. The molecule has 0 heterocycles. The zero-order chi connectivity index (χ0) is 13.8. The summed E-state index contributed by atoms with van der Waals surface area (Å²) in [5.41, 5.74) is 1.36. The molecule has 1 aliphatic rings. The Hall–Kier alpha value is -1.84. The summed E-state index contributed by atoms with van der Waals surface area (Å²) in [6.45, 7) is 4.54. The Morgan fingerprint density at radius 3 is 2.79 bits per heavy atom. The minimum Gasteiger partial charge on any atom is -0.483 e. The number of amides is 1. The zero-order valence-electron chi connectivity index (χ0n) is 11.4. The zero-order valence-corrected chi connectivity index (χ0v) is 11.4. The molecule has 1 amide bonds. The molecule has 0 aliphatic heterocycles. The number of carbonyl (C=O) groups excluding carboxylic acids is 2. The van der Waals surface area contributed by atoms with Crippen LogP contribution in [0.3, 0.4) is 0 Å². The van der Waals surface area contributed by atoms with E-state index in [1.165, 1.54) is 0 Å². The predicted octanol–water partition coefficient (Wildman–Crippen LogP) is 2.20. The fourth-order valence-electron chi connectivity index (χ4n) is 2.21. The number of para-hydroxylation sites is 1. The first-order chi connectivity index (χ1) is 9.17. The maximum atomic E-state index is 12.1. The van der Waals surface area contributed by atoms with Crippen molar-refractivity contribution in [2.45, 2.75) is 32.7 Å². The fraction of sp³-hybridized carbons (Fsp3) is 0.467. The van der Waals surface area contributed by atoms with E-state index in [2.05, 4.69) is 0 Å². The third kappa shape index (κ3) is 3.13. The van der Waals surface area contributed by atoms with Gasteiger partial charge >= 0.3 is 0 Å². The van der Waals surface area contributed by atoms with Gasteiger partial charge in [0.25, 0.3) is 5.91 Å². The van der Waals surface area contributed by atoms with Crippen molar-refractivity contribution in [3.8, 4) is 5.75 Å². The van der Waals surface area contributed by atoms with Gasteiger partial charge in [0.1, 0.15) is 5.75 Å². The van der Waals surface area contributed by atoms with Crippen molar-refractivity contribution in [2.24, 2.45) is 0 Å². The Balaban J connectivity index is 2.02. The van der Waals surface area contributed by atoms with Gasteiger partial charge in [0.05, 0.1) is 5.56 Å². The average molecular weight is 261 g/mol. The molecule has 1 aliphatic carbocycles. The minimum atomic E-state index is -0.00916. The molecule has 0 aromatic heterocycles. The summed E-state index contributed by atoms with van der Waals surface area (Å²) in [7, 11) is 0. The molecule has 0 unspecified atom stereocenters. The minimum absolute atomic E-state index is 0.00394. The summed E-state index contributed by atoms with van der Waals surface area (Å²) in [5.74, 6) is 0.503. The third-order valence-corrected chi connectivity index (χ3v) is 3.36. The first-order valence-electron chi connectivity index (χ1n) is 6.64. The predicted molar refractivity (Wildman–Crippen MR) is 72.5 cm³/mol. The number of benzene rings is 1. The number of likely N-dealkylation sites (N-methyl/N-ethyl adjacent to an activating group) is 1. The van der Waals surface area contributed by atoms with E-state index in [0.717, 1.165) is 24.7 Å². The van der Waals surface area contributed by atoms with Crippen molar-refractivity contribution in [3.63, 3.8) is 0 Å². The van der Waals surface area contributed by atoms with E-state index in [4.69, 9.17) is 4.74 Å². The van der Waals surface area contributed by atoms with Crippen LogP contribution in [0.25, 0.3) is 0 Å². The number of aldehydes is 1. The molecule has 0 N–H and O–H groups in total. The lowest BCUT2D eigenvalue weighted by atomic mass is 10.1. The molecule has 1 saturated carbocycles. The molecular formula is C15H19NO3. The molecule has 0 atom stereocenters. The Labute approximate surface area is 113 Å². The second kappa shape index (κ2) is 5.87. The van der Waals surface area contributed by atoms with Crippen LogP contribution >= 0.6 is 0 Å². The summed E-state index contributed by atoms with van der Waals surface area (Å²) in [6, 6.07) is 5.75. The van der Waals surface area contributed by atoms with E-state index in [1.807, 2.05) is 24.8 Å². The van der Waals surface area contributed by atoms with Crippen LogP contribution in [-0.4, -0.2) is 36.3 Å². The van der Waals surface area contributed by atoms with Crippen LogP contribution < -0.4 is 4.74 Å². The second-order valence-electron chi connectivity index (χ2n) is 4.81. The van der Waals surface area contributed by atoms with Crippen molar-refractivity contribution in [1.82, 2.24) is 4.90 Å². The van der Waals surface area contributed by atoms with E-state index >= 15 is 0 Å². The lowest BCUT2D eigenvalue weighted by molar-refractivity contribution is -0.133. The largest absolute Gasteiger partial charge is 0.483 e. The van der Waals surface area contributed by atoms with Crippen molar-refractivity contribution in [2.75, 3.05) is 13.2 Å². The SMILES string of the molecule is CCN(C(=O)COc1c(C)cccc1C=O)C1CC1. The van der Waals surface area contributed by atoms with Crippen LogP contribution in [0.5, 0.6) is 5.75 Å². The molecule has 1 aromatic carbocycles. The second-order valence-corrected chi connectivity index (χ2v) is 4.81. The number of aryl methyl sites for hydroxylation is 1. The number of carbonyl (C=O) groups is 2. The summed E-state index contributed by atoms with van der Waals surface area (Å²) in [4.78, 5) is 24.9. The average Bonchev–Trinajstić information content (AvgIpc) is 3.22. The summed E-state index contributed by atoms with van der Waals surface area (Å²) < 4.78 is 5.56. The van der Waals surface area contributed by atoms with Gasteiger partial charge in [0.2, 0.25) is 0 Å². The maximum absolute atomic E-state index is 12.1. The van der Waals surface area contributed by atoms with Crippen molar-refractivity contribution in [3.05, 3.63) is 29.3 Å². The maximum Gasteiger partial charge on any atom is 0.260 e. The standard InChI is InChI=1S/C15H19NO3/c1-3-16(13-7-8-13)14(18)10-19-15-11(2)5-4-6-12(15)9-17/h4-6,9,13H,3,7-8,10H2,1-2H3. The lowest BCUT2D eigenvalue weighted by Crippen LogP contribution is -2.36. The van der Waals surface area contributed by atoms with E-state index in [0.29, 0.717) is 23.9 Å². The molecule has 102 valence electrons. The van der Waals surface area contributed by atoms with E-state index in [1.54, 1.807) is 12.1 Å². The van der Waals surface area contributed by atoms with Crippen molar-refractivity contribution >= 4 is 12.2 Å². The van der Waals surface area contributed by atoms with Gasteiger partial charge in [-0.2, -0.15) is 0 Å². The summed E-state index contributed by atoms with van der Waals surface area (Å²) >= 11 is 0. The number of nitrogens with zero attached hydrogens (tertiary/aromatic N) is 1. The number of hydrogen-bond acceptors (Lipinski definition) is 3. The molecule has 0 saturated heterocycles. The molecule has 2 rings (SSSR count). The topological polar surface area (TPSA) is 46.6 Å². The van der Waals surface area contributed by atoms with E-state index in [-0.39, 0.29) is 12.5 Å². The third-order valence-electron chi connectivity index (χ3n) is 3.36. The van der Waals surface area contributed by atoms with Gasteiger partial charge in [-0.3, -0.25) is 9.59 Å². The highest BCUT2D eigenvalue weighted by molar-refractivity contribution is 5.81. The van der Waals surface area contributed by atoms with E-state index in [9.17, 15) is 9.59 Å². The fourth-order valence-corrected chi connectivity index (χ4v) is 2.21. The highest BCUT2D eigenvalue weighted by Gasteiger charge is 2.31. The molecule has 1 aromatic rings. The Kier molecular flexibility index (Phi) is 4.20. The van der Waals surface area contributed by atoms with Gasteiger partial charge in [-0.1, -0.05) is 12.1 Å². The van der Waals surface area contributed by atoms with Crippen LogP contribution in [0.4, 0.5) is 0 Å². The van der Waals surface area contributed by atoms with Gasteiger partial charge < -0.3 is 9.64 Å². The summed E-state index contributed by atoms with van der Waals surface area (Å²) in [6.07, 6.45) is 2.93. The van der Waals surface area contributed by atoms with Crippen LogP contribution in [0.15, 0.2) is 18.2 Å². The first-order valence-corrected chi connectivity index (χ1v) is 6.64. The quantitative estimate of drug-likeness (QED) is 0.737. The molecule has 0 bridgehead atoms.